The Morgan fingerprint density at radius 1 is 1.32 bits per heavy atom. The van der Waals surface area contributed by atoms with Gasteiger partial charge in [-0.25, -0.2) is 0 Å². The summed E-state index contributed by atoms with van der Waals surface area (Å²) in [7, 11) is 1.56. The standard InChI is InChI=1S/C16H22Cl2O4/c1-16(2,15(19)20)8-4-5-9-22-11-6-7-13(21-3)12(10-11)14(17)18/h6-7,10,14H,4-5,8-9H2,1-3H3,(H,19,20). The van der Waals surface area contributed by atoms with Crippen LogP contribution >= 0.6 is 23.2 Å². The third-order valence-electron chi connectivity index (χ3n) is 3.48. The first-order chi connectivity index (χ1) is 10.3. The highest BCUT2D eigenvalue weighted by atomic mass is 35.5. The SMILES string of the molecule is COc1ccc(OCCCCC(C)(C)C(=O)O)cc1C(Cl)Cl. The van der Waals surface area contributed by atoms with Crippen LogP contribution in [0.25, 0.3) is 0 Å². The summed E-state index contributed by atoms with van der Waals surface area (Å²) in [6.07, 6.45) is 2.18. The predicted octanol–water partition coefficient (Wildman–Crippen LogP) is 4.83. The molecule has 0 saturated carbocycles. The molecule has 124 valence electrons. The summed E-state index contributed by atoms with van der Waals surface area (Å²) in [6.45, 7) is 3.97. The Hall–Kier alpha value is -1.13. The molecule has 6 heteroatoms. The number of benzene rings is 1. The van der Waals surface area contributed by atoms with Gasteiger partial charge in [-0.2, -0.15) is 0 Å². The van der Waals surface area contributed by atoms with E-state index >= 15 is 0 Å². The summed E-state index contributed by atoms with van der Waals surface area (Å²) < 4.78 is 10.8. The summed E-state index contributed by atoms with van der Waals surface area (Å²) in [5.74, 6) is 0.508. The van der Waals surface area contributed by atoms with E-state index in [1.165, 1.54) is 0 Å². The minimum absolute atomic E-state index is 0.511. The van der Waals surface area contributed by atoms with Crippen LogP contribution in [-0.4, -0.2) is 24.8 Å². The summed E-state index contributed by atoms with van der Waals surface area (Å²) in [6, 6.07) is 5.31. The Morgan fingerprint density at radius 3 is 2.55 bits per heavy atom. The Balaban J connectivity index is 2.46. The third kappa shape index (κ3) is 5.58. The van der Waals surface area contributed by atoms with Gasteiger partial charge in [0.1, 0.15) is 16.3 Å². The first kappa shape index (κ1) is 18.9. The van der Waals surface area contributed by atoms with Crippen molar-refractivity contribution in [3.8, 4) is 11.5 Å². The zero-order chi connectivity index (χ0) is 16.8. The molecule has 0 heterocycles. The van der Waals surface area contributed by atoms with Gasteiger partial charge in [0.25, 0.3) is 0 Å². The highest BCUT2D eigenvalue weighted by Crippen LogP contribution is 2.35. The smallest absolute Gasteiger partial charge is 0.309 e. The first-order valence-corrected chi connectivity index (χ1v) is 7.97. The van der Waals surface area contributed by atoms with Crippen LogP contribution in [0, 0.1) is 5.41 Å². The number of ether oxygens (including phenoxy) is 2. The Bertz CT molecular complexity index is 501. The van der Waals surface area contributed by atoms with E-state index in [4.69, 9.17) is 37.8 Å². The van der Waals surface area contributed by atoms with E-state index < -0.39 is 16.2 Å². The van der Waals surface area contributed by atoms with Crippen molar-refractivity contribution in [2.24, 2.45) is 5.41 Å². The summed E-state index contributed by atoms with van der Waals surface area (Å²) in [4.78, 5) is 10.3. The molecule has 1 rings (SSSR count). The van der Waals surface area contributed by atoms with Gasteiger partial charge in [-0.05, 0) is 51.3 Å². The lowest BCUT2D eigenvalue weighted by Crippen LogP contribution is -2.23. The summed E-state index contributed by atoms with van der Waals surface area (Å²) in [5.41, 5.74) is -0.0343. The maximum absolute atomic E-state index is 11.0. The van der Waals surface area contributed by atoms with E-state index in [-0.39, 0.29) is 0 Å². The van der Waals surface area contributed by atoms with Gasteiger partial charge in [-0.3, -0.25) is 4.79 Å². The lowest BCUT2D eigenvalue weighted by Gasteiger charge is -2.18. The van der Waals surface area contributed by atoms with Crippen LogP contribution in [0.15, 0.2) is 18.2 Å². The Kier molecular flexibility index (Phi) is 7.30. The molecule has 0 saturated heterocycles. The zero-order valence-electron chi connectivity index (χ0n) is 13.1. The second kappa shape index (κ2) is 8.49. The van der Waals surface area contributed by atoms with Gasteiger partial charge in [0, 0.05) is 5.56 Å². The molecule has 1 aromatic carbocycles. The number of carboxylic acids is 1. The number of unbranched alkanes of at least 4 members (excludes halogenated alkanes) is 1. The number of rotatable bonds is 9. The van der Waals surface area contributed by atoms with Crippen molar-refractivity contribution in [2.75, 3.05) is 13.7 Å². The molecule has 0 spiro atoms. The van der Waals surface area contributed by atoms with Crippen LogP contribution in [0.5, 0.6) is 11.5 Å². The molecule has 0 bridgehead atoms. The van der Waals surface area contributed by atoms with Crippen molar-refractivity contribution in [3.05, 3.63) is 23.8 Å². The van der Waals surface area contributed by atoms with E-state index in [9.17, 15) is 4.79 Å². The molecule has 0 aromatic heterocycles. The van der Waals surface area contributed by atoms with Gasteiger partial charge in [0.15, 0.2) is 0 Å². The number of methoxy groups -OCH3 is 1. The fraction of sp³-hybridized carbons (Fsp3) is 0.562. The number of hydrogen-bond donors (Lipinski definition) is 1. The zero-order valence-corrected chi connectivity index (χ0v) is 14.6. The predicted molar refractivity (Wildman–Crippen MR) is 88.2 cm³/mol. The second-order valence-electron chi connectivity index (χ2n) is 5.70. The first-order valence-electron chi connectivity index (χ1n) is 7.10. The van der Waals surface area contributed by atoms with Gasteiger partial charge in [0.2, 0.25) is 0 Å². The maximum Gasteiger partial charge on any atom is 0.309 e. The molecule has 1 N–H and O–H groups in total. The van der Waals surface area contributed by atoms with E-state index in [0.717, 1.165) is 12.8 Å². The lowest BCUT2D eigenvalue weighted by molar-refractivity contribution is -0.147. The topological polar surface area (TPSA) is 55.8 Å². The molecular formula is C16H22Cl2O4. The monoisotopic (exact) mass is 348 g/mol. The van der Waals surface area contributed by atoms with Crippen LogP contribution in [0.1, 0.15) is 43.5 Å². The normalized spacial score (nSPS) is 11.5. The van der Waals surface area contributed by atoms with Crippen LogP contribution in [0.2, 0.25) is 0 Å². The van der Waals surface area contributed by atoms with Crippen molar-refractivity contribution >= 4 is 29.2 Å². The molecule has 0 aliphatic carbocycles. The lowest BCUT2D eigenvalue weighted by atomic mass is 9.87. The molecular weight excluding hydrogens is 327 g/mol. The molecule has 0 amide bonds. The van der Waals surface area contributed by atoms with Crippen LogP contribution < -0.4 is 9.47 Å². The largest absolute Gasteiger partial charge is 0.496 e. The van der Waals surface area contributed by atoms with Gasteiger partial charge in [-0.15, -0.1) is 0 Å². The van der Waals surface area contributed by atoms with Crippen LogP contribution in [0.3, 0.4) is 0 Å². The number of halogens is 2. The molecule has 0 unspecified atom stereocenters. The summed E-state index contributed by atoms with van der Waals surface area (Å²) in [5, 5.41) is 9.04. The average molecular weight is 349 g/mol. The molecule has 22 heavy (non-hydrogen) atoms. The van der Waals surface area contributed by atoms with Gasteiger partial charge in [0.05, 0.1) is 19.1 Å². The highest BCUT2D eigenvalue weighted by Gasteiger charge is 2.25. The second-order valence-corrected chi connectivity index (χ2v) is 6.80. The van der Waals surface area contributed by atoms with E-state index in [2.05, 4.69) is 0 Å². The Morgan fingerprint density at radius 2 is 2.00 bits per heavy atom. The van der Waals surface area contributed by atoms with Crippen molar-refractivity contribution in [1.82, 2.24) is 0 Å². The summed E-state index contributed by atoms with van der Waals surface area (Å²) >= 11 is 11.8. The highest BCUT2D eigenvalue weighted by molar-refractivity contribution is 6.44. The van der Waals surface area contributed by atoms with Gasteiger partial charge < -0.3 is 14.6 Å². The molecule has 0 aliphatic heterocycles. The van der Waals surface area contributed by atoms with Crippen LogP contribution in [0.4, 0.5) is 0 Å². The van der Waals surface area contributed by atoms with Gasteiger partial charge >= 0.3 is 5.97 Å². The van der Waals surface area contributed by atoms with Crippen LogP contribution in [-0.2, 0) is 4.79 Å². The van der Waals surface area contributed by atoms with Crippen molar-refractivity contribution in [1.29, 1.82) is 0 Å². The Labute approximate surface area is 141 Å². The van der Waals surface area contributed by atoms with Crippen molar-refractivity contribution in [2.45, 2.75) is 37.9 Å². The van der Waals surface area contributed by atoms with Crippen molar-refractivity contribution in [3.63, 3.8) is 0 Å². The number of hydrogen-bond acceptors (Lipinski definition) is 3. The van der Waals surface area contributed by atoms with Gasteiger partial charge in [-0.1, -0.05) is 23.2 Å². The minimum Gasteiger partial charge on any atom is -0.496 e. The van der Waals surface area contributed by atoms with E-state index in [0.29, 0.717) is 30.1 Å². The molecule has 0 atom stereocenters. The number of carboxylic acid groups (broad SMARTS) is 1. The molecule has 1 aromatic rings. The molecule has 4 nitrogen and oxygen atoms in total. The third-order valence-corrected chi connectivity index (χ3v) is 3.95. The maximum atomic E-state index is 11.0. The fourth-order valence-electron chi connectivity index (χ4n) is 1.94. The molecule has 0 fully saturated rings. The average Bonchev–Trinajstić information content (AvgIpc) is 2.46. The quantitative estimate of drug-likeness (QED) is 0.512. The van der Waals surface area contributed by atoms with E-state index in [1.54, 1.807) is 39.2 Å². The number of carbonyl (C=O) groups is 1. The fourth-order valence-corrected chi connectivity index (χ4v) is 2.28. The molecule has 0 aliphatic rings. The number of alkyl halides is 2. The van der Waals surface area contributed by atoms with E-state index in [1.807, 2.05) is 0 Å². The minimum atomic E-state index is -0.775. The van der Waals surface area contributed by atoms with Crippen molar-refractivity contribution < 1.29 is 19.4 Å². The number of aliphatic carboxylic acids is 1. The molecule has 0 radical (unpaired) electrons.